The highest BCUT2D eigenvalue weighted by Gasteiger charge is 2.25. The standard InChI is InChI=1S/C23H28N6/c1-14-13-29(9)28-18(14)15-10-16(12-17(11-15)24-8)19-25-20(22(2,3)4)27-21(26-19)23(5,6)7/h10-13H,1-7,9H3. The van der Waals surface area contributed by atoms with Crippen molar-refractivity contribution in [2.45, 2.75) is 59.3 Å². The lowest BCUT2D eigenvalue weighted by Crippen LogP contribution is -2.24. The first-order valence-corrected chi connectivity index (χ1v) is 9.69. The van der Waals surface area contributed by atoms with Crippen molar-refractivity contribution < 1.29 is 0 Å². The van der Waals surface area contributed by atoms with Gasteiger partial charge in [-0.25, -0.2) is 19.8 Å². The van der Waals surface area contributed by atoms with Crippen LogP contribution in [0.25, 0.3) is 27.5 Å². The molecule has 0 spiro atoms. The molecule has 0 unspecified atom stereocenters. The van der Waals surface area contributed by atoms with Crippen molar-refractivity contribution in [1.82, 2.24) is 24.7 Å². The third-order valence-electron chi connectivity index (χ3n) is 4.57. The molecule has 3 rings (SSSR count). The van der Waals surface area contributed by atoms with E-state index in [0.29, 0.717) is 11.5 Å². The summed E-state index contributed by atoms with van der Waals surface area (Å²) in [5.74, 6) is 2.09. The molecule has 29 heavy (non-hydrogen) atoms. The summed E-state index contributed by atoms with van der Waals surface area (Å²) in [7, 11) is 1.90. The molecular weight excluding hydrogens is 360 g/mol. The molecule has 0 radical (unpaired) electrons. The number of nitrogens with zero attached hydrogens (tertiary/aromatic N) is 6. The second-order valence-corrected chi connectivity index (χ2v) is 9.52. The van der Waals surface area contributed by atoms with Crippen molar-refractivity contribution >= 4 is 5.69 Å². The fourth-order valence-electron chi connectivity index (χ4n) is 3.01. The molecule has 0 fully saturated rings. The molecule has 0 saturated carbocycles. The minimum absolute atomic E-state index is 0.213. The molecule has 3 aromatic rings. The largest absolute Gasteiger partial charge is 0.275 e. The molecule has 2 aromatic heterocycles. The zero-order valence-corrected chi connectivity index (χ0v) is 18.5. The van der Waals surface area contributed by atoms with Gasteiger partial charge in [0.1, 0.15) is 11.6 Å². The molecule has 0 aliphatic heterocycles. The summed E-state index contributed by atoms with van der Waals surface area (Å²) in [6.07, 6.45) is 1.97. The van der Waals surface area contributed by atoms with E-state index in [9.17, 15) is 0 Å². The molecular formula is C23H28N6. The lowest BCUT2D eigenvalue weighted by molar-refractivity contribution is 0.497. The third kappa shape index (κ3) is 4.34. The number of benzene rings is 1. The average Bonchev–Trinajstić information content (AvgIpc) is 2.97. The Morgan fingerprint density at radius 2 is 1.41 bits per heavy atom. The van der Waals surface area contributed by atoms with E-state index < -0.39 is 0 Å². The van der Waals surface area contributed by atoms with Gasteiger partial charge in [0.2, 0.25) is 0 Å². The van der Waals surface area contributed by atoms with Crippen LogP contribution in [-0.4, -0.2) is 24.7 Å². The predicted octanol–water partition coefficient (Wildman–Crippen LogP) is 5.39. The van der Waals surface area contributed by atoms with Crippen LogP contribution in [0.5, 0.6) is 0 Å². The van der Waals surface area contributed by atoms with Crippen molar-refractivity contribution in [3.63, 3.8) is 0 Å². The monoisotopic (exact) mass is 388 g/mol. The van der Waals surface area contributed by atoms with Gasteiger partial charge >= 0.3 is 0 Å². The maximum Gasteiger partial charge on any atom is 0.188 e. The maximum absolute atomic E-state index is 7.55. The first-order chi connectivity index (χ1) is 13.4. The van der Waals surface area contributed by atoms with Gasteiger partial charge in [-0.3, -0.25) is 4.68 Å². The van der Waals surface area contributed by atoms with Crippen molar-refractivity contribution in [3.05, 3.63) is 53.0 Å². The predicted molar refractivity (Wildman–Crippen MR) is 116 cm³/mol. The molecule has 6 heteroatoms. The number of rotatable bonds is 2. The highest BCUT2D eigenvalue weighted by molar-refractivity contribution is 5.75. The average molecular weight is 389 g/mol. The molecule has 0 aliphatic rings. The Morgan fingerprint density at radius 3 is 1.86 bits per heavy atom. The van der Waals surface area contributed by atoms with E-state index in [1.54, 1.807) is 4.68 Å². The molecule has 150 valence electrons. The summed E-state index contributed by atoms with van der Waals surface area (Å²) < 4.78 is 1.78. The van der Waals surface area contributed by atoms with Crippen LogP contribution in [0.4, 0.5) is 5.69 Å². The van der Waals surface area contributed by atoms with Crippen molar-refractivity contribution in [2.24, 2.45) is 7.05 Å². The molecule has 0 atom stereocenters. The Labute approximate surface area is 172 Å². The van der Waals surface area contributed by atoms with Crippen molar-refractivity contribution in [2.75, 3.05) is 0 Å². The van der Waals surface area contributed by atoms with Gasteiger partial charge in [-0.2, -0.15) is 5.10 Å². The van der Waals surface area contributed by atoms with Gasteiger partial charge in [0.05, 0.1) is 12.3 Å². The Kier molecular flexibility index (Phi) is 5.04. The van der Waals surface area contributed by atoms with E-state index in [1.807, 2.05) is 38.4 Å². The highest BCUT2D eigenvalue weighted by Crippen LogP contribution is 2.33. The first-order valence-electron chi connectivity index (χ1n) is 9.69. The Bertz CT molecular complexity index is 1070. The molecule has 0 amide bonds. The number of hydrogen-bond donors (Lipinski definition) is 0. The van der Waals surface area contributed by atoms with Gasteiger partial charge in [-0.05, 0) is 36.2 Å². The molecule has 2 heterocycles. The van der Waals surface area contributed by atoms with Crippen LogP contribution in [0, 0.1) is 13.5 Å². The van der Waals surface area contributed by atoms with E-state index in [1.165, 1.54) is 0 Å². The van der Waals surface area contributed by atoms with Crippen LogP contribution in [0.3, 0.4) is 0 Å². The van der Waals surface area contributed by atoms with Crippen LogP contribution in [-0.2, 0) is 17.9 Å². The summed E-state index contributed by atoms with van der Waals surface area (Å²) in [4.78, 5) is 18.0. The van der Waals surface area contributed by atoms with Gasteiger partial charge in [0.15, 0.2) is 11.5 Å². The lowest BCUT2D eigenvalue weighted by atomic mass is 9.93. The van der Waals surface area contributed by atoms with E-state index >= 15 is 0 Å². The summed E-state index contributed by atoms with van der Waals surface area (Å²) in [5.41, 5.74) is 3.73. The van der Waals surface area contributed by atoms with Crippen molar-refractivity contribution in [1.29, 1.82) is 0 Å². The van der Waals surface area contributed by atoms with E-state index in [4.69, 9.17) is 21.5 Å². The fourth-order valence-corrected chi connectivity index (χ4v) is 3.01. The summed E-state index contributed by atoms with van der Waals surface area (Å²) in [5, 5.41) is 4.56. The maximum atomic E-state index is 7.55. The number of aromatic nitrogens is 5. The Hall–Kier alpha value is -3.07. The smallest absolute Gasteiger partial charge is 0.188 e. The normalized spacial score (nSPS) is 12.1. The topological polar surface area (TPSA) is 60.9 Å². The van der Waals surface area contributed by atoms with Crippen LogP contribution >= 0.6 is 0 Å². The zero-order valence-electron chi connectivity index (χ0n) is 18.5. The summed E-state index contributed by atoms with van der Waals surface area (Å²) >= 11 is 0. The molecule has 1 aromatic carbocycles. The van der Waals surface area contributed by atoms with E-state index in [2.05, 4.69) is 51.5 Å². The second kappa shape index (κ2) is 7.07. The van der Waals surface area contributed by atoms with Gasteiger partial charge < -0.3 is 0 Å². The molecule has 0 saturated heterocycles. The van der Waals surface area contributed by atoms with Crippen LogP contribution in [0.15, 0.2) is 24.4 Å². The first kappa shape index (κ1) is 20.7. The third-order valence-corrected chi connectivity index (χ3v) is 4.57. The SMILES string of the molecule is [C-]#[N+]c1cc(-c2nc(C(C)(C)C)nc(C(C)(C)C)n2)cc(-c2nn(C)cc2C)c1. The lowest BCUT2D eigenvalue weighted by Gasteiger charge is -2.22. The Balaban J connectivity index is 2.26. The summed E-state index contributed by atoms with van der Waals surface area (Å²) in [6.45, 7) is 22.1. The molecule has 0 aliphatic carbocycles. The molecule has 0 N–H and O–H groups in total. The van der Waals surface area contributed by atoms with Crippen LogP contribution < -0.4 is 0 Å². The van der Waals surface area contributed by atoms with Gasteiger partial charge in [0.25, 0.3) is 0 Å². The highest BCUT2D eigenvalue weighted by atomic mass is 15.2. The van der Waals surface area contributed by atoms with E-state index in [-0.39, 0.29) is 10.8 Å². The number of aryl methyl sites for hydroxylation is 2. The van der Waals surface area contributed by atoms with Crippen LogP contribution in [0.2, 0.25) is 0 Å². The minimum atomic E-state index is -0.213. The number of hydrogen-bond acceptors (Lipinski definition) is 4. The van der Waals surface area contributed by atoms with Crippen LogP contribution in [0.1, 0.15) is 58.8 Å². The Morgan fingerprint density at radius 1 is 0.862 bits per heavy atom. The fraction of sp³-hybridized carbons (Fsp3) is 0.435. The minimum Gasteiger partial charge on any atom is -0.275 e. The van der Waals surface area contributed by atoms with Crippen molar-refractivity contribution in [3.8, 4) is 22.6 Å². The summed E-state index contributed by atoms with van der Waals surface area (Å²) in [6, 6.07) is 5.71. The van der Waals surface area contributed by atoms with Gasteiger partial charge in [0, 0.05) is 29.6 Å². The molecule has 6 nitrogen and oxygen atoms in total. The molecule has 0 bridgehead atoms. The van der Waals surface area contributed by atoms with Gasteiger partial charge in [-0.1, -0.05) is 41.5 Å². The quantitative estimate of drug-likeness (QED) is 0.552. The zero-order chi connectivity index (χ0) is 21.6. The second-order valence-electron chi connectivity index (χ2n) is 9.52. The van der Waals surface area contributed by atoms with Gasteiger partial charge in [-0.15, -0.1) is 0 Å². The van der Waals surface area contributed by atoms with E-state index in [0.717, 1.165) is 34.0 Å².